The van der Waals surface area contributed by atoms with Crippen molar-refractivity contribution in [3.05, 3.63) is 44.8 Å². The summed E-state index contributed by atoms with van der Waals surface area (Å²) in [6.45, 7) is 2.94. The monoisotopic (exact) mass is 391 g/mol. The van der Waals surface area contributed by atoms with Crippen LogP contribution in [0, 0.1) is 0 Å². The molecule has 0 radical (unpaired) electrons. The Bertz CT molecular complexity index is 678. The third-order valence-electron chi connectivity index (χ3n) is 4.67. The van der Waals surface area contributed by atoms with Crippen molar-refractivity contribution in [3.63, 3.8) is 0 Å². The first-order valence-corrected chi connectivity index (χ1v) is 10.9. The van der Waals surface area contributed by atoms with Crippen LogP contribution in [-0.2, 0) is 16.1 Å². The first-order chi connectivity index (χ1) is 12.7. The van der Waals surface area contributed by atoms with Crippen molar-refractivity contribution in [1.82, 2.24) is 15.5 Å². The molecule has 1 atom stereocenters. The van der Waals surface area contributed by atoms with E-state index in [-0.39, 0.29) is 6.04 Å². The van der Waals surface area contributed by atoms with Gasteiger partial charge in [0.05, 0.1) is 12.6 Å². The average Bonchev–Trinajstić information content (AvgIpc) is 3.30. The van der Waals surface area contributed by atoms with Crippen LogP contribution >= 0.6 is 22.7 Å². The fraction of sp³-hybridized carbons (Fsp3) is 0.474. The van der Waals surface area contributed by atoms with Gasteiger partial charge >= 0.3 is 11.8 Å². The van der Waals surface area contributed by atoms with E-state index in [0.29, 0.717) is 13.1 Å². The molecule has 1 aliphatic rings. The Morgan fingerprint density at radius 3 is 2.46 bits per heavy atom. The molecule has 1 fully saturated rings. The molecule has 0 aliphatic carbocycles. The van der Waals surface area contributed by atoms with Gasteiger partial charge in [-0.15, -0.1) is 11.3 Å². The van der Waals surface area contributed by atoms with E-state index in [1.165, 1.54) is 31.2 Å². The van der Waals surface area contributed by atoms with Crippen molar-refractivity contribution in [1.29, 1.82) is 0 Å². The van der Waals surface area contributed by atoms with Gasteiger partial charge < -0.3 is 10.6 Å². The molecule has 2 N–H and O–H groups in total. The normalized spacial score (nSPS) is 16.6. The van der Waals surface area contributed by atoms with Crippen molar-refractivity contribution in [2.45, 2.75) is 38.3 Å². The predicted molar refractivity (Wildman–Crippen MR) is 106 cm³/mol. The number of rotatable bonds is 6. The van der Waals surface area contributed by atoms with Crippen LogP contribution in [0.25, 0.3) is 0 Å². The van der Waals surface area contributed by atoms with Crippen molar-refractivity contribution >= 4 is 34.5 Å². The van der Waals surface area contributed by atoms with Gasteiger partial charge in [0, 0.05) is 11.4 Å². The number of carbonyl (C=O) groups is 2. The number of amides is 2. The molecule has 0 saturated carbocycles. The zero-order chi connectivity index (χ0) is 18.2. The van der Waals surface area contributed by atoms with E-state index in [2.05, 4.69) is 32.4 Å². The van der Waals surface area contributed by atoms with E-state index >= 15 is 0 Å². The van der Waals surface area contributed by atoms with Crippen LogP contribution in [0.15, 0.2) is 34.3 Å². The molecule has 7 heteroatoms. The molecule has 0 spiro atoms. The summed E-state index contributed by atoms with van der Waals surface area (Å²) in [6.07, 6.45) is 4.92. The lowest BCUT2D eigenvalue weighted by Gasteiger charge is -2.30. The molecule has 2 amide bonds. The van der Waals surface area contributed by atoms with Gasteiger partial charge in [-0.05, 0) is 59.8 Å². The Morgan fingerprint density at radius 1 is 1.04 bits per heavy atom. The van der Waals surface area contributed by atoms with Crippen LogP contribution in [0.3, 0.4) is 0 Å². The van der Waals surface area contributed by atoms with Crippen LogP contribution in [0.4, 0.5) is 0 Å². The van der Waals surface area contributed by atoms with Gasteiger partial charge in [0.1, 0.15) is 0 Å². The highest BCUT2D eigenvalue weighted by atomic mass is 32.1. The Kier molecular flexibility index (Phi) is 7.22. The third-order valence-corrected chi connectivity index (χ3v) is 6.25. The van der Waals surface area contributed by atoms with E-state index in [1.807, 2.05) is 17.5 Å². The standard InChI is InChI=1S/C19H25N3O2S2/c23-18(20-12-16-6-5-10-26-16)19(24)21-13-17(15-7-11-25-14-15)22-8-3-1-2-4-9-22/h5-7,10-11,14,17H,1-4,8-9,12-13H2,(H,20,23)(H,21,24). The van der Waals surface area contributed by atoms with E-state index < -0.39 is 11.8 Å². The average molecular weight is 392 g/mol. The smallest absolute Gasteiger partial charge is 0.309 e. The van der Waals surface area contributed by atoms with E-state index in [0.717, 1.165) is 18.0 Å². The summed E-state index contributed by atoms with van der Waals surface area (Å²) in [5.74, 6) is -1.13. The summed E-state index contributed by atoms with van der Waals surface area (Å²) in [5, 5.41) is 11.7. The zero-order valence-corrected chi connectivity index (χ0v) is 16.4. The van der Waals surface area contributed by atoms with Crippen LogP contribution < -0.4 is 10.6 Å². The minimum atomic E-state index is -0.571. The fourth-order valence-electron chi connectivity index (χ4n) is 3.26. The lowest BCUT2D eigenvalue weighted by atomic mass is 10.1. The molecule has 1 unspecified atom stereocenters. The molecule has 2 aromatic rings. The van der Waals surface area contributed by atoms with Gasteiger partial charge in [-0.3, -0.25) is 14.5 Å². The maximum Gasteiger partial charge on any atom is 0.309 e. The summed E-state index contributed by atoms with van der Waals surface area (Å²) in [7, 11) is 0. The summed E-state index contributed by atoms with van der Waals surface area (Å²) in [5.41, 5.74) is 1.22. The Morgan fingerprint density at radius 2 is 1.81 bits per heavy atom. The molecule has 0 bridgehead atoms. The van der Waals surface area contributed by atoms with Gasteiger partial charge in [-0.25, -0.2) is 0 Å². The summed E-state index contributed by atoms with van der Waals surface area (Å²) in [4.78, 5) is 27.7. The highest BCUT2D eigenvalue weighted by molar-refractivity contribution is 7.09. The predicted octanol–water partition coefficient (Wildman–Crippen LogP) is 3.16. The molecule has 2 aromatic heterocycles. The number of carbonyl (C=O) groups excluding carboxylic acids is 2. The Labute approximate surface area is 162 Å². The molecule has 1 saturated heterocycles. The largest absolute Gasteiger partial charge is 0.346 e. The van der Waals surface area contributed by atoms with Gasteiger partial charge in [-0.2, -0.15) is 11.3 Å². The summed E-state index contributed by atoms with van der Waals surface area (Å²) < 4.78 is 0. The Balaban J connectivity index is 1.54. The number of hydrogen-bond acceptors (Lipinski definition) is 5. The summed E-state index contributed by atoms with van der Waals surface area (Å²) in [6, 6.07) is 6.12. The van der Waals surface area contributed by atoms with Gasteiger partial charge in [0.15, 0.2) is 0 Å². The zero-order valence-electron chi connectivity index (χ0n) is 14.8. The lowest BCUT2D eigenvalue weighted by molar-refractivity contribution is -0.139. The number of thiophene rings is 2. The minimum Gasteiger partial charge on any atom is -0.346 e. The van der Waals surface area contributed by atoms with Crippen LogP contribution in [0.2, 0.25) is 0 Å². The number of nitrogens with zero attached hydrogens (tertiary/aromatic N) is 1. The first-order valence-electron chi connectivity index (χ1n) is 9.08. The minimum absolute atomic E-state index is 0.133. The second-order valence-electron chi connectivity index (χ2n) is 6.49. The van der Waals surface area contributed by atoms with E-state index in [1.54, 1.807) is 22.7 Å². The number of hydrogen-bond donors (Lipinski definition) is 2. The molecule has 140 valence electrons. The van der Waals surface area contributed by atoms with Crippen LogP contribution in [0.5, 0.6) is 0 Å². The second kappa shape index (κ2) is 9.85. The molecular formula is C19H25N3O2S2. The number of likely N-dealkylation sites (tertiary alicyclic amines) is 1. The topological polar surface area (TPSA) is 61.4 Å². The van der Waals surface area contributed by atoms with Crippen molar-refractivity contribution < 1.29 is 9.59 Å². The van der Waals surface area contributed by atoms with Crippen molar-refractivity contribution in [2.75, 3.05) is 19.6 Å². The highest BCUT2D eigenvalue weighted by Gasteiger charge is 2.23. The first kappa shape index (κ1) is 19.1. The third kappa shape index (κ3) is 5.40. The SMILES string of the molecule is O=C(NCc1cccs1)C(=O)NCC(c1ccsc1)N1CCCCCC1. The molecule has 1 aliphatic heterocycles. The van der Waals surface area contributed by atoms with Crippen LogP contribution in [0.1, 0.15) is 42.2 Å². The van der Waals surface area contributed by atoms with Gasteiger partial charge in [-0.1, -0.05) is 18.9 Å². The Hall–Kier alpha value is -1.70. The van der Waals surface area contributed by atoms with E-state index in [9.17, 15) is 9.59 Å². The molecular weight excluding hydrogens is 366 g/mol. The van der Waals surface area contributed by atoms with Gasteiger partial charge in [0.2, 0.25) is 0 Å². The maximum atomic E-state index is 12.2. The molecule has 3 rings (SSSR count). The number of nitrogens with one attached hydrogen (secondary N) is 2. The molecule has 0 aromatic carbocycles. The molecule has 3 heterocycles. The van der Waals surface area contributed by atoms with Crippen molar-refractivity contribution in [2.24, 2.45) is 0 Å². The molecule has 5 nitrogen and oxygen atoms in total. The quantitative estimate of drug-likeness (QED) is 0.744. The summed E-state index contributed by atoms with van der Waals surface area (Å²) >= 11 is 3.23. The highest BCUT2D eigenvalue weighted by Crippen LogP contribution is 2.25. The van der Waals surface area contributed by atoms with Crippen molar-refractivity contribution in [3.8, 4) is 0 Å². The second-order valence-corrected chi connectivity index (χ2v) is 8.31. The fourth-order valence-corrected chi connectivity index (χ4v) is 4.61. The molecule has 26 heavy (non-hydrogen) atoms. The lowest BCUT2D eigenvalue weighted by Crippen LogP contribution is -2.44. The van der Waals surface area contributed by atoms with Crippen LogP contribution in [-0.4, -0.2) is 36.3 Å². The van der Waals surface area contributed by atoms with Gasteiger partial charge in [0.25, 0.3) is 0 Å². The van der Waals surface area contributed by atoms with E-state index in [4.69, 9.17) is 0 Å². The maximum absolute atomic E-state index is 12.2.